The van der Waals surface area contributed by atoms with Crippen molar-refractivity contribution in [2.24, 2.45) is 0 Å². The van der Waals surface area contributed by atoms with Gasteiger partial charge >= 0.3 is 0 Å². The van der Waals surface area contributed by atoms with Crippen LogP contribution in [0.4, 0.5) is 0 Å². The van der Waals surface area contributed by atoms with Crippen LogP contribution in [0.25, 0.3) is 0 Å². The van der Waals surface area contributed by atoms with Crippen LogP contribution in [0.2, 0.25) is 69.5 Å². The maximum atomic E-state index is 2.91. The molecule has 0 saturated carbocycles. The molecule has 224 valence electrons. The molecule has 0 unspecified atom stereocenters. The lowest BCUT2D eigenvalue weighted by molar-refractivity contribution is 0.636. The van der Waals surface area contributed by atoms with Crippen molar-refractivity contribution in [1.29, 1.82) is 0 Å². The minimum Gasteiger partial charge on any atom is -0.0938 e. The van der Waals surface area contributed by atoms with Crippen LogP contribution in [-0.4, -0.2) is 56.0 Å². The van der Waals surface area contributed by atoms with E-state index in [-0.39, 0.29) is 0 Å². The molecule has 0 amide bonds. The molecule has 0 aromatic heterocycles. The van der Waals surface area contributed by atoms with E-state index in [0.717, 1.165) is 0 Å². The van der Waals surface area contributed by atoms with E-state index >= 15 is 0 Å². The first-order valence-corrected chi connectivity index (χ1v) is 31.5. The molecule has 0 fully saturated rings. The molecule has 0 bridgehead atoms. The molecular formula is C32H72Si6. The van der Waals surface area contributed by atoms with Crippen LogP contribution in [0.15, 0.2) is 0 Å². The first-order valence-electron chi connectivity index (χ1n) is 15.5. The summed E-state index contributed by atoms with van der Waals surface area (Å²) < 4.78 is 4.66. The quantitative estimate of drug-likeness (QED) is 0.273. The molecule has 6 heteroatoms. The number of hydrogen-bond donors (Lipinski definition) is 0. The summed E-state index contributed by atoms with van der Waals surface area (Å²) in [6.45, 7) is 64.8. The minimum atomic E-state index is -1.77. The molecule has 1 heterocycles. The standard InChI is InChI=1S/C32H72Si6/c1-27(2,3)35(19,20)25-33(37(23,29(7,8)9)30(10,11)12)26(36(21,22)28(4,5)6)34(25)38(24,31(13,14)15)32(16,17)18/h1-24H3. The van der Waals surface area contributed by atoms with Gasteiger partial charge in [0.25, 0.3) is 0 Å². The highest BCUT2D eigenvalue weighted by molar-refractivity contribution is 7.83. The van der Waals surface area contributed by atoms with Crippen LogP contribution in [0.3, 0.4) is 0 Å². The Balaban J connectivity index is 4.80. The van der Waals surface area contributed by atoms with Gasteiger partial charge in [0.2, 0.25) is 0 Å². The van der Waals surface area contributed by atoms with Crippen molar-refractivity contribution in [3.63, 3.8) is 0 Å². The van der Waals surface area contributed by atoms with Gasteiger partial charge in [-0.3, -0.25) is 0 Å². The fourth-order valence-corrected chi connectivity index (χ4v) is 90.6. The van der Waals surface area contributed by atoms with Crippen molar-refractivity contribution >= 4 is 56.0 Å². The van der Waals surface area contributed by atoms with E-state index in [0.29, 0.717) is 30.2 Å². The highest BCUT2D eigenvalue weighted by atomic mass is 29.3. The molecule has 0 spiro atoms. The van der Waals surface area contributed by atoms with Gasteiger partial charge in [-0.2, -0.15) is 0 Å². The molecule has 0 atom stereocenters. The highest BCUT2D eigenvalue weighted by Crippen LogP contribution is 2.58. The van der Waals surface area contributed by atoms with Crippen LogP contribution in [0.1, 0.15) is 125 Å². The average Bonchev–Trinajstić information content (AvgIpc) is 2.53. The molecule has 0 aromatic carbocycles. The zero-order valence-corrected chi connectivity index (χ0v) is 37.0. The molecule has 38 heavy (non-hydrogen) atoms. The summed E-state index contributed by atoms with van der Waals surface area (Å²) in [4.78, 5) is 0. The van der Waals surface area contributed by atoms with Gasteiger partial charge in [0.1, 0.15) is 0 Å². The van der Waals surface area contributed by atoms with E-state index in [1.807, 2.05) is 0 Å². The molecule has 0 N–H and O–H groups in total. The van der Waals surface area contributed by atoms with E-state index in [1.165, 1.54) is 0 Å². The van der Waals surface area contributed by atoms with Crippen LogP contribution in [0, 0.1) is 0 Å². The lowest BCUT2D eigenvalue weighted by atomic mass is 10.2. The van der Waals surface area contributed by atoms with Crippen molar-refractivity contribution in [2.75, 3.05) is 0 Å². The van der Waals surface area contributed by atoms with Gasteiger partial charge in [-0.15, -0.1) is 0 Å². The SMILES string of the molecule is CC(C)(C)[Si](C)(C)C1=[Si]([Si](C)(C(C)(C)C)C(C)(C)C)C([Si](C)(C)C(C)(C)C)=[Si]1[Si](C)(C(C)(C)C)C(C)(C)C. The second-order valence-corrected chi connectivity index (χ2v) is 57.0. The molecule has 1 aliphatic heterocycles. The van der Waals surface area contributed by atoms with Gasteiger partial charge in [0.15, 0.2) is 0 Å². The highest BCUT2D eigenvalue weighted by Gasteiger charge is 2.66. The molecule has 1 rings (SSSR count). The maximum absolute atomic E-state index is 2.91. The fourth-order valence-electron chi connectivity index (χ4n) is 7.19. The molecule has 0 radical (unpaired) electrons. The fraction of sp³-hybridized carbons (Fsp3) is 0.938. The lowest BCUT2D eigenvalue weighted by Gasteiger charge is -2.65. The monoisotopic (exact) mass is 624 g/mol. The van der Waals surface area contributed by atoms with Crippen molar-refractivity contribution in [1.82, 2.24) is 0 Å². The predicted octanol–water partition coefficient (Wildman–Crippen LogP) is 11.2. The zero-order chi connectivity index (χ0) is 31.3. The third-order valence-corrected chi connectivity index (χ3v) is 76.5. The Morgan fingerprint density at radius 2 is 0.474 bits per heavy atom. The van der Waals surface area contributed by atoms with Crippen LogP contribution in [-0.2, 0) is 0 Å². The van der Waals surface area contributed by atoms with Gasteiger partial charge in [0, 0.05) is 15.9 Å². The van der Waals surface area contributed by atoms with Gasteiger partial charge in [0.05, 0.1) is 31.3 Å². The summed E-state index contributed by atoms with van der Waals surface area (Å²) in [7, 11) is -8.36. The summed E-state index contributed by atoms with van der Waals surface area (Å²) in [5, 5.41) is 2.41. The first kappa shape index (κ1) is 37.1. The smallest absolute Gasteiger partial charge is 0.0753 e. The van der Waals surface area contributed by atoms with Crippen molar-refractivity contribution in [2.45, 2.75) is 194 Å². The number of rotatable bonds is 4. The van der Waals surface area contributed by atoms with E-state index in [4.69, 9.17) is 0 Å². The van der Waals surface area contributed by atoms with Gasteiger partial charge < -0.3 is 0 Å². The normalized spacial score (nSPS) is 18.3. The van der Waals surface area contributed by atoms with Gasteiger partial charge in [-0.25, -0.2) is 0 Å². The van der Waals surface area contributed by atoms with E-state index in [2.05, 4.69) is 173 Å². The molecule has 0 aromatic rings. The molecule has 0 saturated heterocycles. The lowest BCUT2D eigenvalue weighted by Crippen LogP contribution is -2.84. The molecular weight excluding hydrogens is 553 g/mol. The summed E-state index contributed by atoms with van der Waals surface area (Å²) >= 11 is 0. The van der Waals surface area contributed by atoms with Crippen molar-refractivity contribution < 1.29 is 0 Å². The van der Waals surface area contributed by atoms with E-state index in [1.54, 1.807) is 0 Å². The second kappa shape index (κ2) is 9.78. The van der Waals surface area contributed by atoms with Crippen LogP contribution < -0.4 is 0 Å². The van der Waals surface area contributed by atoms with Gasteiger partial charge in [-0.1, -0.05) is 173 Å². The second-order valence-electron chi connectivity index (χ2n) is 20.5. The third kappa shape index (κ3) is 5.33. The summed E-state index contributed by atoms with van der Waals surface area (Å²) in [5.74, 6) is 0. The van der Waals surface area contributed by atoms with Crippen molar-refractivity contribution in [3.05, 3.63) is 0 Å². The topological polar surface area (TPSA) is 0 Å². The Morgan fingerprint density at radius 3 is 0.579 bits per heavy atom. The molecule has 0 aliphatic carbocycles. The molecule has 1 aliphatic rings. The van der Waals surface area contributed by atoms with E-state index in [9.17, 15) is 0 Å². The Kier molecular flexibility index (Phi) is 9.54. The Labute approximate surface area is 249 Å². The summed E-state index contributed by atoms with van der Waals surface area (Å²) in [5.41, 5.74) is 0. The third-order valence-electron chi connectivity index (χ3n) is 13.0. The Bertz CT molecular complexity index is 860. The average molecular weight is 625 g/mol. The summed E-state index contributed by atoms with van der Waals surface area (Å²) in [6, 6.07) is 0. The Morgan fingerprint density at radius 1 is 0.316 bits per heavy atom. The number of hydrogen-bond acceptors (Lipinski definition) is 0. The zero-order valence-electron chi connectivity index (χ0n) is 31.0. The largest absolute Gasteiger partial charge is 0.0938 e. The maximum Gasteiger partial charge on any atom is 0.0753 e. The van der Waals surface area contributed by atoms with Gasteiger partial charge in [-0.05, 0) is 30.2 Å². The summed E-state index contributed by atoms with van der Waals surface area (Å²) in [6.07, 6.45) is 0. The van der Waals surface area contributed by atoms with Crippen molar-refractivity contribution in [3.8, 4) is 0 Å². The molecule has 0 nitrogen and oxygen atoms in total. The Hall–Kier alpha value is 1.04. The predicted molar refractivity (Wildman–Crippen MR) is 198 cm³/mol. The minimum absolute atomic E-state index is 0.398. The first-order chi connectivity index (χ1) is 16.0. The van der Waals surface area contributed by atoms with E-state index < -0.39 is 47.2 Å². The van der Waals surface area contributed by atoms with Crippen LogP contribution >= 0.6 is 0 Å². The van der Waals surface area contributed by atoms with Crippen LogP contribution in [0.5, 0.6) is 0 Å².